The summed E-state index contributed by atoms with van der Waals surface area (Å²) >= 11 is 0. The number of benzene rings is 1. The Morgan fingerprint density at radius 2 is 1.83 bits per heavy atom. The molecule has 4 heteroatoms. The number of methoxy groups -OCH3 is 1. The Hall–Kier alpha value is -1.55. The molecule has 0 aliphatic rings. The average Bonchev–Trinajstić information content (AvgIpc) is 2.30. The molecule has 1 unspecified atom stereocenters. The summed E-state index contributed by atoms with van der Waals surface area (Å²) in [5.74, 6) is -0.282. The van der Waals surface area contributed by atoms with Gasteiger partial charge in [0.15, 0.2) is 0 Å². The second-order valence-electron chi connectivity index (χ2n) is 5.18. The van der Waals surface area contributed by atoms with E-state index in [0.717, 1.165) is 16.7 Å². The van der Waals surface area contributed by atoms with Gasteiger partial charge in [-0.3, -0.25) is 4.79 Å². The highest BCUT2D eigenvalue weighted by molar-refractivity contribution is 5.75. The van der Waals surface area contributed by atoms with Crippen LogP contribution in [0.25, 0.3) is 0 Å². The van der Waals surface area contributed by atoms with Crippen molar-refractivity contribution in [2.24, 2.45) is 11.1 Å². The van der Waals surface area contributed by atoms with Crippen molar-refractivity contribution < 1.29 is 14.6 Å². The Balaban J connectivity index is 3.32. The molecule has 1 aromatic carbocycles. The molecule has 18 heavy (non-hydrogen) atoms. The fourth-order valence-corrected chi connectivity index (χ4v) is 1.75. The highest BCUT2D eigenvalue weighted by Gasteiger charge is 2.37. The molecule has 0 heterocycles. The number of carboxylic acids is 1. The van der Waals surface area contributed by atoms with E-state index in [9.17, 15) is 9.90 Å². The fourth-order valence-electron chi connectivity index (χ4n) is 1.75. The molecule has 0 amide bonds. The second kappa shape index (κ2) is 4.98. The van der Waals surface area contributed by atoms with Crippen LogP contribution in [0.15, 0.2) is 12.1 Å². The molecule has 0 spiro atoms. The van der Waals surface area contributed by atoms with Gasteiger partial charge in [-0.15, -0.1) is 0 Å². The first-order valence-electron chi connectivity index (χ1n) is 5.86. The van der Waals surface area contributed by atoms with Crippen LogP contribution in [0, 0.1) is 19.3 Å². The van der Waals surface area contributed by atoms with Gasteiger partial charge in [-0.05, 0) is 44.9 Å². The van der Waals surface area contributed by atoms with Gasteiger partial charge in [0.2, 0.25) is 0 Å². The SMILES string of the molecule is COc1cc(C)c(C)cc1C(N)C(C)(C)C(=O)O. The quantitative estimate of drug-likeness (QED) is 0.862. The first kappa shape index (κ1) is 14.5. The molecule has 0 aromatic heterocycles. The molecule has 100 valence electrons. The molecule has 0 aliphatic carbocycles. The van der Waals surface area contributed by atoms with Crippen LogP contribution < -0.4 is 10.5 Å². The summed E-state index contributed by atoms with van der Waals surface area (Å²) in [4.78, 5) is 11.3. The minimum atomic E-state index is -1.05. The number of aliphatic carboxylic acids is 1. The number of aryl methyl sites for hydroxylation is 2. The van der Waals surface area contributed by atoms with Crippen LogP contribution in [0.3, 0.4) is 0 Å². The number of carbonyl (C=O) groups is 1. The van der Waals surface area contributed by atoms with E-state index in [2.05, 4.69) is 0 Å². The Labute approximate surface area is 108 Å². The van der Waals surface area contributed by atoms with Gasteiger partial charge in [0.25, 0.3) is 0 Å². The van der Waals surface area contributed by atoms with Crippen molar-refractivity contribution in [2.75, 3.05) is 7.11 Å². The Kier molecular flexibility index (Phi) is 4.02. The van der Waals surface area contributed by atoms with E-state index in [1.807, 2.05) is 26.0 Å². The first-order chi connectivity index (χ1) is 8.21. The summed E-state index contributed by atoms with van der Waals surface area (Å²) in [7, 11) is 1.56. The van der Waals surface area contributed by atoms with Crippen molar-refractivity contribution in [1.29, 1.82) is 0 Å². The minimum absolute atomic E-state index is 0.621. The number of carboxylic acid groups (broad SMARTS) is 1. The van der Waals surface area contributed by atoms with E-state index >= 15 is 0 Å². The van der Waals surface area contributed by atoms with E-state index in [0.29, 0.717) is 5.75 Å². The van der Waals surface area contributed by atoms with E-state index < -0.39 is 17.4 Å². The van der Waals surface area contributed by atoms with Crippen molar-refractivity contribution in [3.63, 3.8) is 0 Å². The number of hydrogen-bond acceptors (Lipinski definition) is 3. The molecule has 1 rings (SSSR count). The van der Waals surface area contributed by atoms with Crippen molar-refractivity contribution in [1.82, 2.24) is 0 Å². The summed E-state index contributed by atoms with van der Waals surface area (Å²) < 4.78 is 5.30. The molecule has 0 fully saturated rings. The maximum Gasteiger partial charge on any atom is 0.311 e. The van der Waals surface area contributed by atoms with Crippen LogP contribution in [0.1, 0.15) is 36.6 Å². The molecule has 0 saturated carbocycles. The first-order valence-corrected chi connectivity index (χ1v) is 5.86. The summed E-state index contributed by atoms with van der Waals surface area (Å²) in [6.07, 6.45) is 0. The molecular weight excluding hydrogens is 230 g/mol. The van der Waals surface area contributed by atoms with Crippen molar-refractivity contribution in [3.8, 4) is 5.75 Å². The van der Waals surface area contributed by atoms with E-state index in [1.54, 1.807) is 21.0 Å². The van der Waals surface area contributed by atoms with E-state index in [4.69, 9.17) is 10.5 Å². The highest BCUT2D eigenvalue weighted by Crippen LogP contribution is 2.37. The molecule has 1 atom stereocenters. The number of ether oxygens (including phenoxy) is 1. The lowest BCUT2D eigenvalue weighted by molar-refractivity contribution is -0.148. The highest BCUT2D eigenvalue weighted by atomic mass is 16.5. The minimum Gasteiger partial charge on any atom is -0.496 e. The molecule has 4 nitrogen and oxygen atoms in total. The molecule has 3 N–H and O–H groups in total. The van der Waals surface area contributed by atoms with E-state index in [1.165, 1.54) is 0 Å². The van der Waals surface area contributed by atoms with Gasteiger partial charge >= 0.3 is 5.97 Å². The Morgan fingerprint density at radius 3 is 2.28 bits per heavy atom. The number of nitrogens with two attached hydrogens (primary N) is 1. The number of rotatable bonds is 4. The third-order valence-corrected chi connectivity index (χ3v) is 3.51. The molecule has 0 aliphatic heterocycles. The maximum atomic E-state index is 11.3. The van der Waals surface area contributed by atoms with Gasteiger partial charge in [0.05, 0.1) is 12.5 Å². The molecular formula is C14H21NO3. The largest absolute Gasteiger partial charge is 0.496 e. The zero-order valence-electron chi connectivity index (χ0n) is 11.6. The Morgan fingerprint density at radius 1 is 1.33 bits per heavy atom. The van der Waals surface area contributed by atoms with Crippen LogP contribution in [0.4, 0.5) is 0 Å². The van der Waals surface area contributed by atoms with Crippen LogP contribution >= 0.6 is 0 Å². The molecule has 1 aromatic rings. The topological polar surface area (TPSA) is 72.5 Å². The molecule has 0 saturated heterocycles. The van der Waals surface area contributed by atoms with Crippen LogP contribution in [0.5, 0.6) is 5.75 Å². The van der Waals surface area contributed by atoms with Gasteiger partial charge in [-0.25, -0.2) is 0 Å². The summed E-state index contributed by atoms with van der Waals surface area (Å²) in [6.45, 7) is 7.19. The lowest BCUT2D eigenvalue weighted by Crippen LogP contribution is -2.36. The van der Waals surface area contributed by atoms with Gasteiger partial charge in [-0.1, -0.05) is 6.07 Å². The van der Waals surface area contributed by atoms with Crippen LogP contribution in [-0.4, -0.2) is 18.2 Å². The standard InChI is InChI=1S/C14H21NO3/c1-8-6-10(11(18-5)7-9(8)2)12(15)14(3,4)13(16)17/h6-7,12H,15H2,1-5H3,(H,16,17). The zero-order valence-corrected chi connectivity index (χ0v) is 11.6. The lowest BCUT2D eigenvalue weighted by Gasteiger charge is -2.29. The summed E-state index contributed by atoms with van der Waals surface area (Å²) in [6, 6.07) is 3.18. The molecule has 0 radical (unpaired) electrons. The maximum absolute atomic E-state index is 11.3. The summed E-state index contributed by atoms with van der Waals surface area (Å²) in [5.41, 5.74) is 7.96. The second-order valence-corrected chi connectivity index (χ2v) is 5.18. The van der Waals surface area contributed by atoms with Crippen molar-refractivity contribution in [2.45, 2.75) is 33.7 Å². The van der Waals surface area contributed by atoms with Gasteiger partial charge in [-0.2, -0.15) is 0 Å². The monoisotopic (exact) mass is 251 g/mol. The third kappa shape index (κ3) is 2.48. The van der Waals surface area contributed by atoms with Gasteiger partial charge < -0.3 is 15.6 Å². The average molecular weight is 251 g/mol. The van der Waals surface area contributed by atoms with Crippen LogP contribution in [0.2, 0.25) is 0 Å². The predicted molar refractivity (Wildman–Crippen MR) is 70.8 cm³/mol. The zero-order chi connectivity index (χ0) is 14.1. The molecule has 0 bridgehead atoms. The number of hydrogen-bond donors (Lipinski definition) is 2. The van der Waals surface area contributed by atoms with Gasteiger partial charge in [0, 0.05) is 11.6 Å². The summed E-state index contributed by atoms with van der Waals surface area (Å²) in [5, 5.41) is 9.24. The Bertz CT molecular complexity index is 466. The normalized spacial score (nSPS) is 13.2. The third-order valence-electron chi connectivity index (χ3n) is 3.51. The fraction of sp³-hybridized carbons (Fsp3) is 0.500. The smallest absolute Gasteiger partial charge is 0.311 e. The lowest BCUT2D eigenvalue weighted by atomic mass is 9.80. The van der Waals surface area contributed by atoms with Crippen LogP contribution in [-0.2, 0) is 4.79 Å². The van der Waals surface area contributed by atoms with Gasteiger partial charge in [0.1, 0.15) is 5.75 Å². The van der Waals surface area contributed by atoms with Crippen molar-refractivity contribution >= 4 is 5.97 Å². The predicted octanol–water partition coefficient (Wildman–Crippen LogP) is 2.42. The van der Waals surface area contributed by atoms with Crippen molar-refractivity contribution in [3.05, 3.63) is 28.8 Å². The van der Waals surface area contributed by atoms with E-state index in [-0.39, 0.29) is 0 Å².